The number of aliphatic hydroxyl groups is 1. The summed E-state index contributed by atoms with van der Waals surface area (Å²) in [4.78, 5) is 34.7. The Labute approximate surface area is 173 Å². The number of aromatic nitrogens is 4. The number of nitrogens with zero attached hydrogens (tertiary/aromatic N) is 6. The molecule has 1 atom stereocenters. The summed E-state index contributed by atoms with van der Waals surface area (Å²) >= 11 is 0. The first-order valence-corrected chi connectivity index (χ1v) is 10.2. The van der Waals surface area contributed by atoms with E-state index in [9.17, 15) is 9.90 Å². The lowest BCUT2D eigenvalue weighted by Gasteiger charge is -2.17. The highest BCUT2D eigenvalue weighted by molar-refractivity contribution is 6.07. The maximum Gasteiger partial charge on any atom is 0.258 e. The molecule has 3 aromatic rings. The number of carbonyl (C=O) groups excluding carboxylic acids is 1. The Morgan fingerprint density at radius 2 is 1.83 bits per heavy atom. The van der Waals surface area contributed by atoms with Gasteiger partial charge in [-0.3, -0.25) is 9.78 Å². The number of fused-ring (bicyclic) bond motifs is 1. The molecule has 0 spiro atoms. The number of hydrogen-bond donors (Lipinski definition) is 2. The molecule has 2 N–H and O–H groups in total. The zero-order valence-corrected chi connectivity index (χ0v) is 16.5. The molecule has 1 amide bonds. The van der Waals surface area contributed by atoms with Crippen molar-refractivity contribution in [1.82, 2.24) is 19.9 Å². The van der Waals surface area contributed by atoms with Gasteiger partial charge in [0, 0.05) is 44.8 Å². The van der Waals surface area contributed by atoms with Gasteiger partial charge in [-0.25, -0.2) is 15.0 Å². The third-order valence-electron chi connectivity index (χ3n) is 5.59. The number of anilines is 3. The fourth-order valence-electron chi connectivity index (χ4n) is 3.96. The summed E-state index contributed by atoms with van der Waals surface area (Å²) in [5.74, 6) is 1.13. The van der Waals surface area contributed by atoms with E-state index in [1.54, 1.807) is 12.3 Å². The molecular weight excluding hydrogens is 382 g/mol. The Morgan fingerprint density at radius 3 is 2.57 bits per heavy atom. The summed E-state index contributed by atoms with van der Waals surface area (Å²) in [6, 6.07) is 5.67. The van der Waals surface area contributed by atoms with E-state index in [0.29, 0.717) is 42.2 Å². The van der Waals surface area contributed by atoms with Crippen molar-refractivity contribution in [2.24, 2.45) is 0 Å². The summed E-state index contributed by atoms with van der Waals surface area (Å²) in [6.45, 7) is 3.22. The SMILES string of the molecule is O=C(Nc1ccnc2ccc(N3CCCC3)nc12)c1cnc(N2CC[C@H](O)C2)nc1. The van der Waals surface area contributed by atoms with E-state index in [1.807, 2.05) is 17.0 Å². The second-order valence-corrected chi connectivity index (χ2v) is 7.70. The molecule has 9 heteroatoms. The van der Waals surface area contributed by atoms with Crippen LogP contribution in [0.5, 0.6) is 0 Å². The second kappa shape index (κ2) is 7.83. The summed E-state index contributed by atoms with van der Waals surface area (Å²) in [5, 5.41) is 12.6. The van der Waals surface area contributed by atoms with Gasteiger partial charge in [0.1, 0.15) is 11.3 Å². The minimum Gasteiger partial charge on any atom is -0.391 e. The lowest BCUT2D eigenvalue weighted by molar-refractivity contribution is 0.102. The van der Waals surface area contributed by atoms with Crippen molar-refractivity contribution in [3.05, 3.63) is 42.4 Å². The number of pyridine rings is 2. The Bertz CT molecular complexity index is 1070. The van der Waals surface area contributed by atoms with E-state index in [1.165, 1.54) is 25.2 Å². The second-order valence-electron chi connectivity index (χ2n) is 7.70. The number of carbonyl (C=O) groups is 1. The first-order chi connectivity index (χ1) is 14.7. The number of nitrogens with one attached hydrogen (secondary N) is 1. The van der Waals surface area contributed by atoms with Crippen LogP contribution in [0.15, 0.2) is 36.8 Å². The molecule has 0 aliphatic carbocycles. The van der Waals surface area contributed by atoms with Crippen LogP contribution in [0.1, 0.15) is 29.6 Å². The Kier molecular flexibility index (Phi) is 4.88. The normalized spacial score (nSPS) is 18.9. The van der Waals surface area contributed by atoms with Crippen molar-refractivity contribution >= 4 is 34.4 Å². The third-order valence-corrected chi connectivity index (χ3v) is 5.59. The van der Waals surface area contributed by atoms with Gasteiger partial charge >= 0.3 is 0 Å². The molecule has 2 aliphatic heterocycles. The molecule has 0 radical (unpaired) electrons. The fraction of sp³-hybridized carbons (Fsp3) is 0.381. The van der Waals surface area contributed by atoms with Gasteiger partial charge in [-0.1, -0.05) is 0 Å². The predicted octanol–water partition coefficient (Wildman–Crippen LogP) is 1.84. The van der Waals surface area contributed by atoms with Crippen LogP contribution in [0, 0.1) is 0 Å². The number of hydrogen-bond acceptors (Lipinski definition) is 8. The van der Waals surface area contributed by atoms with Gasteiger partial charge in [0.25, 0.3) is 5.91 Å². The van der Waals surface area contributed by atoms with Crippen LogP contribution in [-0.2, 0) is 0 Å². The van der Waals surface area contributed by atoms with E-state index < -0.39 is 0 Å². The Balaban J connectivity index is 1.36. The molecule has 9 nitrogen and oxygen atoms in total. The van der Waals surface area contributed by atoms with Crippen molar-refractivity contribution in [2.75, 3.05) is 41.3 Å². The minimum absolute atomic E-state index is 0.302. The van der Waals surface area contributed by atoms with Gasteiger partial charge in [0.05, 0.1) is 22.9 Å². The van der Waals surface area contributed by atoms with Crippen LogP contribution in [0.4, 0.5) is 17.5 Å². The summed E-state index contributed by atoms with van der Waals surface area (Å²) in [7, 11) is 0. The monoisotopic (exact) mass is 405 g/mol. The third kappa shape index (κ3) is 3.63. The molecule has 0 aromatic carbocycles. The van der Waals surface area contributed by atoms with Gasteiger partial charge in [-0.15, -0.1) is 0 Å². The average Bonchev–Trinajstić information content (AvgIpc) is 3.46. The van der Waals surface area contributed by atoms with Crippen molar-refractivity contribution in [2.45, 2.75) is 25.4 Å². The van der Waals surface area contributed by atoms with Gasteiger partial charge < -0.3 is 20.2 Å². The topological polar surface area (TPSA) is 107 Å². The Hall–Kier alpha value is -3.33. The fourth-order valence-corrected chi connectivity index (χ4v) is 3.96. The molecule has 2 fully saturated rings. The molecule has 2 saturated heterocycles. The average molecular weight is 405 g/mol. The maximum absolute atomic E-state index is 12.8. The number of β-amino-alcohol motifs (C(OH)–C–C–N with tert-alkyl or cyclic N) is 1. The highest BCUT2D eigenvalue weighted by Crippen LogP contribution is 2.25. The van der Waals surface area contributed by atoms with Gasteiger partial charge in [0.2, 0.25) is 5.95 Å². The Morgan fingerprint density at radius 1 is 1.03 bits per heavy atom. The zero-order valence-electron chi connectivity index (χ0n) is 16.5. The molecular formula is C21H23N7O2. The quantitative estimate of drug-likeness (QED) is 0.677. The standard InChI is InChI=1S/C21H23N7O2/c29-15-6-10-28(13-15)21-23-11-14(12-24-21)20(30)25-17-5-7-22-16-3-4-18(26-19(16)17)27-8-1-2-9-27/h3-5,7,11-12,15,29H,1-2,6,8-10,13H2,(H,22,25,30)/t15-/m0/s1. The lowest BCUT2D eigenvalue weighted by atomic mass is 10.2. The van der Waals surface area contributed by atoms with Crippen molar-refractivity contribution in [3.63, 3.8) is 0 Å². The van der Waals surface area contributed by atoms with Crippen LogP contribution in [0.3, 0.4) is 0 Å². The van der Waals surface area contributed by atoms with E-state index >= 15 is 0 Å². The van der Waals surface area contributed by atoms with Gasteiger partial charge in [-0.2, -0.15) is 0 Å². The van der Waals surface area contributed by atoms with Crippen LogP contribution in [0.25, 0.3) is 11.0 Å². The molecule has 0 saturated carbocycles. The zero-order chi connectivity index (χ0) is 20.5. The van der Waals surface area contributed by atoms with Crippen LogP contribution >= 0.6 is 0 Å². The van der Waals surface area contributed by atoms with Crippen LogP contribution in [-0.4, -0.2) is 63.2 Å². The lowest BCUT2D eigenvalue weighted by Crippen LogP contribution is -2.23. The predicted molar refractivity (Wildman–Crippen MR) is 114 cm³/mol. The number of amides is 1. The van der Waals surface area contributed by atoms with Gasteiger partial charge in [-0.05, 0) is 37.5 Å². The van der Waals surface area contributed by atoms with E-state index in [0.717, 1.165) is 24.4 Å². The highest BCUT2D eigenvalue weighted by Gasteiger charge is 2.22. The summed E-state index contributed by atoms with van der Waals surface area (Å²) < 4.78 is 0. The molecule has 0 unspecified atom stereocenters. The molecule has 3 aromatic heterocycles. The van der Waals surface area contributed by atoms with E-state index in [-0.39, 0.29) is 12.0 Å². The minimum atomic E-state index is -0.352. The summed E-state index contributed by atoms with van der Waals surface area (Å²) in [5.41, 5.74) is 2.37. The maximum atomic E-state index is 12.8. The van der Waals surface area contributed by atoms with Crippen LogP contribution in [0.2, 0.25) is 0 Å². The molecule has 5 rings (SSSR count). The molecule has 30 heavy (non-hydrogen) atoms. The van der Waals surface area contributed by atoms with E-state index in [2.05, 4.69) is 25.2 Å². The smallest absolute Gasteiger partial charge is 0.258 e. The van der Waals surface area contributed by atoms with Crippen molar-refractivity contribution in [3.8, 4) is 0 Å². The van der Waals surface area contributed by atoms with Crippen LogP contribution < -0.4 is 15.1 Å². The first-order valence-electron chi connectivity index (χ1n) is 10.2. The van der Waals surface area contributed by atoms with E-state index in [4.69, 9.17) is 4.98 Å². The first kappa shape index (κ1) is 18.7. The largest absolute Gasteiger partial charge is 0.391 e. The van der Waals surface area contributed by atoms with Gasteiger partial charge in [0.15, 0.2) is 0 Å². The van der Waals surface area contributed by atoms with Crippen molar-refractivity contribution in [1.29, 1.82) is 0 Å². The van der Waals surface area contributed by atoms with Crippen molar-refractivity contribution < 1.29 is 9.90 Å². The highest BCUT2D eigenvalue weighted by atomic mass is 16.3. The molecule has 0 bridgehead atoms. The number of rotatable bonds is 4. The number of aliphatic hydroxyl groups excluding tert-OH is 1. The summed E-state index contributed by atoms with van der Waals surface area (Å²) in [6.07, 6.45) is 7.37. The molecule has 154 valence electrons. The molecule has 2 aliphatic rings. The molecule has 5 heterocycles.